The Labute approximate surface area is 140 Å². The predicted octanol–water partition coefficient (Wildman–Crippen LogP) is 3.07. The van der Waals surface area contributed by atoms with Crippen LogP contribution >= 0.6 is 15.9 Å². The van der Waals surface area contributed by atoms with E-state index in [-0.39, 0.29) is 16.8 Å². The van der Waals surface area contributed by atoms with Gasteiger partial charge in [-0.15, -0.1) is 0 Å². The van der Waals surface area contributed by atoms with E-state index in [1.54, 1.807) is 19.1 Å². The van der Waals surface area contributed by atoms with Gasteiger partial charge < -0.3 is 14.7 Å². The van der Waals surface area contributed by atoms with Crippen LogP contribution in [-0.4, -0.2) is 40.9 Å². The number of hydrogen-bond acceptors (Lipinski definition) is 3. The second-order valence-electron chi connectivity index (χ2n) is 5.98. The van der Waals surface area contributed by atoms with Crippen LogP contribution in [0.1, 0.15) is 38.2 Å². The molecule has 1 fully saturated rings. The number of likely N-dealkylation sites (N-methyl/N-ethyl adjacent to an activating group) is 1. The number of methoxy groups -OCH3 is 1. The molecule has 4 nitrogen and oxygen atoms in total. The average molecular weight is 370 g/mol. The Balaban J connectivity index is 2.36. The quantitative estimate of drug-likeness (QED) is 0.829. The number of hydrogen-bond donors (Lipinski definition) is 1. The number of rotatable bonds is 4. The number of carbonyl (C=O) groups is 1. The molecular formula is C17H24BrNO3. The van der Waals surface area contributed by atoms with Gasteiger partial charge in [-0.1, -0.05) is 40.9 Å². The van der Waals surface area contributed by atoms with Crippen LogP contribution in [-0.2, 0) is 10.4 Å². The number of halogens is 1. The predicted molar refractivity (Wildman–Crippen MR) is 90.3 cm³/mol. The van der Waals surface area contributed by atoms with Crippen molar-refractivity contribution < 1.29 is 14.6 Å². The van der Waals surface area contributed by atoms with Crippen molar-refractivity contribution in [2.75, 3.05) is 14.2 Å². The smallest absolute Gasteiger partial charge is 0.236 e. The summed E-state index contributed by atoms with van der Waals surface area (Å²) in [4.78, 5) is 13.8. The van der Waals surface area contributed by atoms with Gasteiger partial charge in [0.05, 0.1) is 18.0 Å². The number of ether oxygens (including phenoxy) is 1. The molecule has 0 spiro atoms. The number of nitrogens with zero attached hydrogens (tertiary/aromatic N) is 1. The fraction of sp³-hybridized carbons (Fsp3) is 0.588. The molecule has 2 unspecified atom stereocenters. The van der Waals surface area contributed by atoms with E-state index in [2.05, 4.69) is 15.9 Å². The van der Waals surface area contributed by atoms with E-state index in [9.17, 15) is 9.90 Å². The van der Waals surface area contributed by atoms with Crippen LogP contribution in [0, 0.1) is 0 Å². The molecule has 0 heterocycles. The van der Waals surface area contributed by atoms with Gasteiger partial charge >= 0.3 is 0 Å². The van der Waals surface area contributed by atoms with Crippen molar-refractivity contribution in [3.05, 3.63) is 29.8 Å². The zero-order valence-electron chi connectivity index (χ0n) is 13.4. The van der Waals surface area contributed by atoms with E-state index in [1.165, 1.54) is 0 Å². The maximum absolute atomic E-state index is 12.3. The minimum atomic E-state index is -1.03. The summed E-state index contributed by atoms with van der Waals surface area (Å²) in [5.41, 5.74) is -0.211. The molecule has 122 valence electrons. The Morgan fingerprint density at radius 2 is 2.23 bits per heavy atom. The molecule has 0 radical (unpaired) electrons. The van der Waals surface area contributed by atoms with E-state index in [4.69, 9.17) is 4.74 Å². The molecule has 1 amide bonds. The Morgan fingerprint density at radius 1 is 1.50 bits per heavy atom. The lowest BCUT2D eigenvalue weighted by Gasteiger charge is -2.45. The fourth-order valence-corrected chi connectivity index (χ4v) is 3.64. The van der Waals surface area contributed by atoms with E-state index in [0.717, 1.165) is 30.6 Å². The SMILES string of the molecule is COc1cccc(C2(O)CCCC[C@H]2N(C)C(=O)C(C)Br)c1. The first-order valence-electron chi connectivity index (χ1n) is 7.68. The van der Waals surface area contributed by atoms with Crippen LogP contribution in [0.2, 0.25) is 0 Å². The summed E-state index contributed by atoms with van der Waals surface area (Å²) >= 11 is 3.33. The highest BCUT2D eigenvalue weighted by Crippen LogP contribution is 2.40. The van der Waals surface area contributed by atoms with Gasteiger partial charge in [0, 0.05) is 7.05 Å². The monoisotopic (exact) mass is 369 g/mol. The van der Waals surface area contributed by atoms with Gasteiger partial charge in [0.25, 0.3) is 0 Å². The van der Waals surface area contributed by atoms with Crippen LogP contribution in [0.15, 0.2) is 24.3 Å². The van der Waals surface area contributed by atoms with E-state index < -0.39 is 5.60 Å². The van der Waals surface area contributed by atoms with Crippen LogP contribution < -0.4 is 4.74 Å². The van der Waals surface area contributed by atoms with Gasteiger partial charge in [-0.05, 0) is 37.5 Å². The third-order valence-electron chi connectivity index (χ3n) is 4.56. The minimum Gasteiger partial charge on any atom is -0.497 e. The fourth-order valence-electron chi connectivity index (χ4n) is 3.31. The van der Waals surface area contributed by atoms with Gasteiger partial charge in [0.15, 0.2) is 0 Å². The highest BCUT2D eigenvalue weighted by atomic mass is 79.9. The zero-order chi connectivity index (χ0) is 16.3. The lowest BCUT2D eigenvalue weighted by Crippen LogP contribution is -2.54. The van der Waals surface area contributed by atoms with Gasteiger partial charge in [-0.25, -0.2) is 0 Å². The first-order chi connectivity index (χ1) is 10.4. The summed E-state index contributed by atoms with van der Waals surface area (Å²) in [6.45, 7) is 1.81. The standard InChI is InChI=1S/C17H24BrNO3/c1-12(18)16(20)19(2)15-9-4-5-10-17(15,21)13-7-6-8-14(11-13)22-3/h6-8,11-12,15,21H,4-5,9-10H2,1-3H3/t12?,15-,17?/m1/s1. The Bertz CT molecular complexity index is 534. The third-order valence-corrected chi connectivity index (χ3v) is 4.95. The summed E-state index contributed by atoms with van der Waals surface area (Å²) in [7, 11) is 3.39. The van der Waals surface area contributed by atoms with Gasteiger partial charge in [0.2, 0.25) is 5.91 Å². The van der Waals surface area contributed by atoms with Gasteiger partial charge in [0.1, 0.15) is 11.4 Å². The second kappa shape index (κ2) is 7.01. The van der Waals surface area contributed by atoms with Crippen LogP contribution in [0.3, 0.4) is 0 Å². The van der Waals surface area contributed by atoms with Crippen LogP contribution in [0.4, 0.5) is 0 Å². The first kappa shape index (κ1) is 17.3. The Kier molecular flexibility index (Phi) is 5.50. The summed E-state index contributed by atoms with van der Waals surface area (Å²) < 4.78 is 5.27. The summed E-state index contributed by atoms with van der Waals surface area (Å²) in [5, 5.41) is 11.4. The summed E-state index contributed by atoms with van der Waals surface area (Å²) in [6.07, 6.45) is 3.43. The van der Waals surface area contributed by atoms with E-state index >= 15 is 0 Å². The minimum absolute atomic E-state index is 0.00628. The van der Waals surface area contributed by atoms with E-state index in [0.29, 0.717) is 6.42 Å². The number of benzene rings is 1. The van der Waals surface area contributed by atoms with Crippen molar-refractivity contribution in [1.82, 2.24) is 4.90 Å². The molecule has 0 bridgehead atoms. The molecule has 1 aliphatic carbocycles. The largest absolute Gasteiger partial charge is 0.497 e. The number of aliphatic hydroxyl groups is 1. The summed E-state index contributed by atoms with van der Waals surface area (Å²) in [5.74, 6) is 0.714. The maximum Gasteiger partial charge on any atom is 0.236 e. The number of carbonyl (C=O) groups excluding carboxylic acids is 1. The molecule has 1 aromatic rings. The highest BCUT2D eigenvalue weighted by Gasteiger charge is 2.44. The third kappa shape index (κ3) is 3.30. The molecule has 2 rings (SSSR count). The Hall–Kier alpha value is -1.07. The molecular weight excluding hydrogens is 346 g/mol. The highest BCUT2D eigenvalue weighted by molar-refractivity contribution is 9.10. The van der Waals surface area contributed by atoms with E-state index in [1.807, 2.05) is 31.2 Å². The molecule has 0 saturated heterocycles. The average Bonchev–Trinajstić information content (AvgIpc) is 2.53. The molecule has 0 aromatic heterocycles. The number of amides is 1. The van der Waals surface area contributed by atoms with Crippen molar-refractivity contribution in [2.24, 2.45) is 0 Å². The lowest BCUT2D eigenvalue weighted by molar-refractivity contribution is -0.141. The van der Waals surface area contributed by atoms with Crippen molar-refractivity contribution >= 4 is 21.8 Å². The molecule has 1 aromatic carbocycles. The molecule has 5 heteroatoms. The van der Waals surface area contributed by atoms with Crippen molar-refractivity contribution in [1.29, 1.82) is 0 Å². The maximum atomic E-state index is 12.3. The molecule has 0 aliphatic heterocycles. The number of alkyl halides is 1. The zero-order valence-corrected chi connectivity index (χ0v) is 15.0. The van der Waals surface area contributed by atoms with Crippen molar-refractivity contribution in [3.8, 4) is 5.75 Å². The second-order valence-corrected chi connectivity index (χ2v) is 7.36. The normalized spacial score (nSPS) is 26.3. The molecule has 1 saturated carbocycles. The summed E-state index contributed by atoms with van der Waals surface area (Å²) in [6, 6.07) is 7.30. The van der Waals surface area contributed by atoms with Crippen molar-refractivity contribution in [3.63, 3.8) is 0 Å². The Morgan fingerprint density at radius 3 is 2.86 bits per heavy atom. The molecule has 1 N–H and O–H groups in total. The lowest BCUT2D eigenvalue weighted by atomic mass is 9.75. The first-order valence-corrected chi connectivity index (χ1v) is 8.59. The molecule has 1 aliphatic rings. The molecule has 3 atom stereocenters. The van der Waals surface area contributed by atoms with Crippen molar-refractivity contribution in [2.45, 2.75) is 49.1 Å². The van der Waals surface area contributed by atoms with Crippen LogP contribution in [0.5, 0.6) is 5.75 Å². The van der Waals surface area contributed by atoms with Crippen LogP contribution in [0.25, 0.3) is 0 Å². The molecule has 22 heavy (non-hydrogen) atoms. The van der Waals surface area contributed by atoms with Gasteiger partial charge in [-0.3, -0.25) is 4.79 Å². The topological polar surface area (TPSA) is 49.8 Å². The van der Waals surface area contributed by atoms with Gasteiger partial charge in [-0.2, -0.15) is 0 Å².